The van der Waals surface area contributed by atoms with Crippen molar-refractivity contribution in [2.75, 3.05) is 17.2 Å². The molecule has 5 nitrogen and oxygen atoms in total. The zero-order chi connectivity index (χ0) is 20.5. The first-order valence-electron chi connectivity index (χ1n) is 9.63. The lowest BCUT2D eigenvalue weighted by molar-refractivity contribution is -0.124. The van der Waals surface area contributed by atoms with Gasteiger partial charge in [-0.3, -0.25) is 9.59 Å². The molecule has 3 aromatic rings. The van der Waals surface area contributed by atoms with Gasteiger partial charge >= 0.3 is 0 Å². The third kappa shape index (κ3) is 6.81. The normalized spacial score (nSPS) is 10.2. The predicted octanol–water partition coefficient (Wildman–Crippen LogP) is 4.43. The quantitative estimate of drug-likeness (QED) is 0.536. The summed E-state index contributed by atoms with van der Waals surface area (Å²) in [6.45, 7) is 1.99. The average molecular weight is 387 g/mol. The van der Waals surface area contributed by atoms with Gasteiger partial charge in [0, 0.05) is 23.5 Å². The fourth-order valence-corrected chi connectivity index (χ4v) is 2.81. The van der Waals surface area contributed by atoms with Gasteiger partial charge in [-0.05, 0) is 55.3 Å². The number of rotatable bonds is 8. The molecule has 2 amide bonds. The van der Waals surface area contributed by atoms with Crippen LogP contribution >= 0.6 is 0 Å². The molecule has 0 spiro atoms. The van der Waals surface area contributed by atoms with Crippen LogP contribution in [0.4, 0.5) is 17.1 Å². The molecular weight excluding hydrogens is 362 g/mol. The highest BCUT2D eigenvalue weighted by molar-refractivity contribution is 5.94. The molecule has 0 aliphatic carbocycles. The number of hydrogen-bond acceptors (Lipinski definition) is 3. The first-order valence-corrected chi connectivity index (χ1v) is 9.63. The molecule has 0 saturated heterocycles. The predicted molar refractivity (Wildman–Crippen MR) is 117 cm³/mol. The number of benzene rings is 3. The summed E-state index contributed by atoms with van der Waals surface area (Å²) >= 11 is 0. The van der Waals surface area contributed by atoms with Gasteiger partial charge < -0.3 is 16.0 Å². The van der Waals surface area contributed by atoms with E-state index in [1.807, 2.05) is 85.8 Å². The number of anilines is 3. The van der Waals surface area contributed by atoms with E-state index in [1.165, 1.54) is 5.56 Å². The highest BCUT2D eigenvalue weighted by atomic mass is 16.2. The lowest BCUT2D eigenvalue weighted by Gasteiger charge is -2.09. The van der Waals surface area contributed by atoms with Crippen molar-refractivity contribution in [2.45, 2.75) is 19.8 Å². The molecule has 0 bridgehead atoms. The maximum Gasteiger partial charge on any atom is 0.243 e. The van der Waals surface area contributed by atoms with Crippen LogP contribution in [0.3, 0.4) is 0 Å². The van der Waals surface area contributed by atoms with Crippen molar-refractivity contribution in [3.8, 4) is 0 Å². The lowest BCUT2D eigenvalue weighted by atomic mass is 10.1. The monoisotopic (exact) mass is 387 g/mol. The molecule has 5 heteroatoms. The van der Waals surface area contributed by atoms with Crippen molar-refractivity contribution in [2.24, 2.45) is 0 Å². The SMILES string of the molecule is Cc1ccc(CCC(=O)NCC(=O)Nc2ccc(Nc3ccccc3)cc2)cc1. The first-order chi connectivity index (χ1) is 14.1. The maximum absolute atomic E-state index is 12.1. The fraction of sp³-hybridized carbons (Fsp3) is 0.167. The minimum atomic E-state index is -0.252. The first kappa shape index (κ1) is 20.1. The minimum absolute atomic E-state index is 0.0449. The molecule has 0 atom stereocenters. The molecule has 0 unspecified atom stereocenters. The molecule has 0 saturated carbocycles. The highest BCUT2D eigenvalue weighted by Gasteiger charge is 2.07. The molecule has 0 aromatic heterocycles. The Labute approximate surface area is 171 Å². The van der Waals surface area contributed by atoms with Crippen LogP contribution in [0.5, 0.6) is 0 Å². The second-order valence-corrected chi connectivity index (χ2v) is 6.88. The average Bonchev–Trinajstić information content (AvgIpc) is 2.74. The van der Waals surface area contributed by atoms with E-state index in [0.717, 1.165) is 16.9 Å². The maximum atomic E-state index is 12.1. The van der Waals surface area contributed by atoms with Crippen molar-refractivity contribution in [3.63, 3.8) is 0 Å². The zero-order valence-corrected chi connectivity index (χ0v) is 16.4. The second-order valence-electron chi connectivity index (χ2n) is 6.88. The number of aryl methyl sites for hydroxylation is 2. The van der Waals surface area contributed by atoms with Crippen LogP contribution in [0.25, 0.3) is 0 Å². The molecule has 3 N–H and O–H groups in total. The van der Waals surface area contributed by atoms with Gasteiger partial charge in [-0.25, -0.2) is 0 Å². The van der Waals surface area contributed by atoms with Crippen LogP contribution in [-0.4, -0.2) is 18.4 Å². The fourth-order valence-electron chi connectivity index (χ4n) is 2.81. The van der Waals surface area contributed by atoms with E-state index in [4.69, 9.17) is 0 Å². The van der Waals surface area contributed by atoms with Crippen LogP contribution in [0.2, 0.25) is 0 Å². The van der Waals surface area contributed by atoms with Crippen LogP contribution in [-0.2, 0) is 16.0 Å². The van der Waals surface area contributed by atoms with Gasteiger partial charge in [0.25, 0.3) is 0 Å². The summed E-state index contributed by atoms with van der Waals surface area (Å²) in [5, 5.41) is 8.74. The third-order valence-corrected chi connectivity index (χ3v) is 4.44. The Bertz CT molecular complexity index is 936. The zero-order valence-electron chi connectivity index (χ0n) is 16.4. The molecule has 3 rings (SSSR count). The minimum Gasteiger partial charge on any atom is -0.356 e. The van der Waals surface area contributed by atoms with Crippen molar-refractivity contribution in [1.29, 1.82) is 0 Å². The molecule has 0 heterocycles. The molecule has 0 radical (unpaired) electrons. The van der Waals surface area contributed by atoms with E-state index in [2.05, 4.69) is 16.0 Å². The van der Waals surface area contributed by atoms with Gasteiger partial charge in [-0.15, -0.1) is 0 Å². The summed E-state index contributed by atoms with van der Waals surface area (Å²) < 4.78 is 0. The summed E-state index contributed by atoms with van der Waals surface area (Å²) in [5.74, 6) is -0.388. The summed E-state index contributed by atoms with van der Waals surface area (Å²) in [5.41, 5.74) is 4.91. The van der Waals surface area contributed by atoms with Gasteiger partial charge in [-0.1, -0.05) is 48.0 Å². The van der Waals surface area contributed by atoms with E-state index in [-0.39, 0.29) is 18.4 Å². The number of nitrogens with one attached hydrogen (secondary N) is 3. The Balaban J connectivity index is 1.39. The second kappa shape index (κ2) is 10.1. The Kier molecular flexibility index (Phi) is 7.00. The van der Waals surface area contributed by atoms with Crippen molar-refractivity contribution in [3.05, 3.63) is 90.0 Å². The number of hydrogen-bond donors (Lipinski definition) is 3. The van der Waals surface area contributed by atoms with Gasteiger partial charge in [0.15, 0.2) is 0 Å². The molecule has 0 aliphatic heterocycles. The molecule has 3 aromatic carbocycles. The Hall–Kier alpha value is -3.60. The standard InChI is InChI=1S/C24H25N3O2/c1-18-7-9-19(10-8-18)11-16-23(28)25-17-24(29)27-22-14-12-21(13-15-22)26-20-5-3-2-4-6-20/h2-10,12-15,26H,11,16-17H2,1H3,(H,25,28)(H,27,29). The smallest absolute Gasteiger partial charge is 0.243 e. The van der Waals surface area contributed by atoms with E-state index in [1.54, 1.807) is 0 Å². The third-order valence-electron chi connectivity index (χ3n) is 4.44. The number of carbonyl (C=O) groups is 2. The largest absolute Gasteiger partial charge is 0.356 e. The van der Waals surface area contributed by atoms with Gasteiger partial charge in [0.05, 0.1) is 6.54 Å². The van der Waals surface area contributed by atoms with Crippen LogP contribution < -0.4 is 16.0 Å². The van der Waals surface area contributed by atoms with E-state index >= 15 is 0 Å². The van der Waals surface area contributed by atoms with Crippen molar-refractivity contribution >= 4 is 28.9 Å². The molecule has 0 fully saturated rings. The Morgan fingerprint density at radius 1 is 0.724 bits per heavy atom. The number of amides is 2. The summed E-state index contributed by atoms with van der Waals surface area (Å²) in [6, 6.07) is 25.4. The van der Waals surface area contributed by atoms with Crippen LogP contribution in [0.15, 0.2) is 78.9 Å². The Morgan fingerprint density at radius 3 is 2.03 bits per heavy atom. The van der Waals surface area contributed by atoms with Gasteiger partial charge in [-0.2, -0.15) is 0 Å². The molecule has 148 valence electrons. The molecule has 29 heavy (non-hydrogen) atoms. The lowest BCUT2D eigenvalue weighted by Crippen LogP contribution is -2.32. The van der Waals surface area contributed by atoms with Crippen LogP contribution in [0, 0.1) is 6.92 Å². The molecule has 0 aliphatic rings. The van der Waals surface area contributed by atoms with E-state index in [0.29, 0.717) is 18.5 Å². The summed E-state index contributed by atoms with van der Waals surface area (Å²) in [4.78, 5) is 24.0. The number of para-hydroxylation sites is 1. The van der Waals surface area contributed by atoms with Crippen molar-refractivity contribution in [1.82, 2.24) is 5.32 Å². The van der Waals surface area contributed by atoms with Crippen LogP contribution in [0.1, 0.15) is 17.5 Å². The topological polar surface area (TPSA) is 70.2 Å². The van der Waals surface area contributed by atoms with Gasteiger partial charge in [0.2, 0.25) is 11.8 Å². The van der Waals surface area contributed by atoms with E-state index < -0.39 is 0 Å². The van der Waals surface area contributed by atoms with Gasteiger partial charge in [0.1, 0.15) is 0 Å². The van der Waals surface area contributed by atoms with Crippen molar-refractivity contribution < 1.29 is 9.59 Å². The molecular formula is C24H25N3O2. The highest BCUT2D eigenvalue weighted by Crippen LogP contribution is 2.18. The number of carbonyl (C=O) groups excluding carboxylic acids is 2. The Morgan fingerprint density at radius 2 is 1.34 bits per heavy atom. The van der Waals surface area contributed by atoms with E-state index in [9.17, 15) is 9.59 Å². The summed E-state index contributed by atoms with van der Waals surface area (Å²) in [6.07, 6.45) is 1.01. The summed E-state index contributed by atoms with van der Waals surface area (Å²) in [7, 11) is 0.